The molecule has 0 bridgehead atoms. The number of likely N-dealkylation sites (tertiary alicyclic amines) is 1. The van der Waals surface area contributed by atoms with Crippen LogP contribution in [0.3, 0.4) is 0 Å². The summed E-state index contributed by atoms with van der Waals surface area (Å²) in [5.41, 5.74) is 1.84. The number of hydrogen-bond acceptors (Lipinski definition) is 4. The summed E-state index contributed by atoms with van der Waals surface area (Å²) < 4.78 is 1.98. The highest BCUT2D eigenvalue weighted by atomic mass is 16.7. The van der Waals surface area contributed by atoms with Crippen molar-refractivity contribution >= 4 is 11.6 Å². The largest absolute Gasteiger partial charge is 0.389 e. The molecule has 3 fully saturated rings. The molecule has 3 heterocycles. The van der Waals surface area contributed by atoms with Gasteiger partial charge in [-0.05, 0) is 32.6 Å². The quantitative estimate of drug-likeness (QED) is 0.857. The molecule has 2 aliphatic carbocycles. The van der Waals surface area contributed by atoms with Crippen LogP contribution in [-0.4, -0.2) is 44.8 Å². The molecule has 5 atom stereocenters. The molecule has 1 saturated heterocycles. The van der Waals surface area contributed by atoms with Gasteiger partial charge in [-0.1, -0.05) is 5.16 Å². The van der Waals surface area contributed by atoms with E-state index < -0.39 is 0 Å². The van der Waals surface area contributed by atoms with E-state index in [4.69, 9.17) is 4.84 Å². The number of imidazole rings is 1. The molecule has 1 aromatic rings. The van der Waals surface area contributed by atoms with Crippen molar-refractivity contribution in [3.8, 4) is 0 Å². The van der Waals surface area contributed by atoms with Gasteiger partial charge in [-0.2, -0.15) is 0 Å². The van der Waals surface area contributed by atoms with Crippen molar-refractivity contribution in [3.05, 3.63) is 18.2 Å². The van der Waals surface area contributed by atoms with Gasteiger partial charge in [0.1, 0.15) is 11.3 Å². The van der Waals surface area contributed by atoms with Crippen molar-refractivity contribution in [1.29, 1.82) is 0 Å². The van der Waals surface area contributed by atoms with Crippen LogP contribution in [0.2, 0.25) is 0 Å². The maximum atomic E-state index is 12.6. The zero-order valence-corrected chi connectivity index (χ0v) is 13.8. The minimum Gasteiger partial charge on any atom is -0.389 e. The van der Waals surface area contributed by atoms with Crippen molar-refractivity contribution in [2.75, 3.05) is 13.1 Å². The number of carbonyl (C=O) groups is 1. The molecule has 23 heavy (non-hydrogen) atoms. The first-order chi connectivity index (χ1) is 11.0. The third-order valence-corrected chi connectivity index (χ3v) is 6.14. The molecular formula is C17H22N4O2. The Kier molecular flexibility index (Phi) is 2.46. The van der Waals surface area contributed by atoms with E-state index in [0.29, 0.717) is 35.4 Å². The number of fused-ring (bicyclic) bond motifs is 2. The minimum atomic E-state index is 0.00536. The molecule has 1 aromatic heterocycles. The van der Waals surface area contributed by atoms with Gasteiger partial charge in [0.2, 0.25) is 0 Å². The van der Waals surface area contributed by atoms with Crippen molar-refractivity contribution in [3.63, 3.8) is 0 Å². The van der Waals surface area contributed by atoms with Gasteiger partial charge in [-0.15, -0.1) is 0 Å². The zero-order valence-electron chi connectivity index (χ0n) is 13.8. The molecule has 6 heteroatoms. The molecule has 1 amide bonds. The first-order valence-electron chi connectivity index (χ1n) is 8.56. The van der Waals surface area contributed by atoms with Gasteiger partial charge < -0.3 is 14.3 Å². The van der Waals surface area contributed by atoms with Gasteiger partial charge in [0.25, 0.3) is 5.91 Å². The van der Waals surface area contributed by atoms with E-state index in [9.17, 15) is 4.79 Å². The zero-order chi connectivity index (χ0) is 15.9. The van der Waals surface area contributed by atoms with Crippen molar-refractivity contribution in [1.82, 2.24) is 14.5 Å². The lowest BCUT2D eigenvalue weighted by molar-refractivity contribution is 0.0618. The van der Waals surface area contributed by atoms with Crippen LogP contribution in [-0.2, 0) is 4.84 Å². The molecule has 0 N–H and O–H groups in total. The minimum absolute atomic E-state index is 0.00536. The Balaban J connectivity index is 1.24. The molecule has 122 valence electrons. The summed E-state index contributed by atoms with van der Waals surface area (Å²) in [5.74, 6) is 2.33. The smallest absolute Gasteiger partial charge is 0.274 e. The lowest BCUT2D eigenvalue weighted by atomic mass is 10.1. The fourth-order valence-electron chi connectivity index (χ4n) is 4.40. The lowest BCUT2D eigenvalue weighted by Gasteiger charge is -2.18. The molecule has 0 spiro atoms. The van der Waals surface area contributed by atoms with Crippen molar-refractivity contribution < 1.29 is 9.63 Å². The molecule has 2 aliphatic heterocycles. The van der Waals surface area contributed by atoms with E-state index in [1.807, 2.05) is 15.7 Å². The molecule has 3 unspecified atom stereocenters. The first kappa shape index (κ1) is 13.6. The number of oxime groups is 1. The van der Waals surface area contributed by atoms with Crippen molar-refractivity contribution in [2.24, 2.45) is 28.8 Å². The van der Waals surface area contributed by atoms with Gasteiger partial charge >= 0.3 is 0 Å². The van der Waals surface area contributed by atoms with Crippen LogP contribution < -0.4 is 0 Å². The number of carbonyl (C=O) groups excluding carboxylic acids is 1. The van der Waals surface area contributed by atoms with Crippen LogP contribution in [0.1, 0.15) is 43.7 Å². The van der Waals surface area contributed by atoms with Crippen LogP contribution in [0, 0.1) is 23.7 Å². The summed E-state index contributed by atoms with van der Waals surface area (Å²) in [6.45, 7) is 7.99. The number of aromatic nitrogens is 2. The highest BCUT2D eigenvalue weighted by Crippen LogP contribution is 2.61. The predicted molar refractivity (Wildman–Crippen MR) is 84.0 cm³/mol. The fraction of sp³-hybridized carbons (Fsp3) is 0.706. The normalized spacial score (nSPS) is 39.8. The van der Waals surface area contributed by atoms with Gasteiger partial charge in [0.15, 0.2) is 0 Å². The van der Waals surface area contributed by atoms with Gasteiger partial charge in [-0.25, -0.2) is 4.98 Å². The third kappa shape index (κ3) is 1.83. The molecule has 0 radical (unpaired) electrons. The number of amides is 1. The first-order valence-corrected chi connectivity index (χ1v) is 8.56. The number of nitrogens with zero attached hydrogens (tertiary/aromatic N) is 4. The SMILES string of the molecule is CC(C)n1cnc(C(=O)N2C[C@@H]3C(C4=NOC5(C)CC45)[C@@H]3C2)c1. The van der Waals surface area contributed by atoms with E-state index in [-0.39, 0.29) is 11.5 Å². The summed E-state index contributed by atoms with van der Waals surface area (Å²) in [5, 5.41) is 4.33. The van der Waals surface area contributed by atoms with Crippen LogP contribution in [0.4, 0.5) is 0 Å². The van der Waals surface area contributed by atoms with E-state index in [0.717, 1.165) is 19.5 Å². The average Bonchev–Trinajstić information content (AvgIpc) is 3.14. The Bertz CT molecular complexity index is 712. The Labute approximate surface area is 135 Å². The summed E-state index contributed by atoms with van der Waals surface area (Å²) >= 11 is 0. The highest BCUT2D eigenvalue weighted by molar-refractivity contribution is 5.97. The molecule has 4 aliphatic rings. The Morgan fingerprint density at radius 3 is 2.65 bits per heavy atom. The van der Waals surface area contributed by atoms with E-state index >= 15 is 0 Å². The maximum Gasteiger partial charge on any atom is 0.274 e. The fourth-order valence-corrected chi connectivity index (χ4v) is 4.40. The second-order valence-electron chi connectivity index (χ2n) is 8.04. The topological polar surface area (TPSA) is 59.7 Å². The number of rotatable bonds is 3. The van der Waals surface area contributed by atoms with Gasteiger partial charge in [0.05, 0.1) is 12.0 Å². The monoisotopic (exact) mass is 314 g/mol. The van der Waals surface area contributed by atoms with Crippen molar-refractivity contribution in [2.45, 2.75) is 38.8 Å². The van der Waals surface area contributed by atoms with Crippen LogP contribution in [0.5, 0.6) is 0 Å². The standard InChI is InChI=1S/C17H22N4O2/c1-9(2)21-7-13(18-8-21)16(22)20-5-10-11(6-20)14(10)15-12-4-17(12,3)23-19-15/h7-12,14H,4-6H2,1-3H3/t10-,11+,12?,14?,17?. The lowest BCUT2D eigenvalue weighted by Crippen LogP contribution is -2.33. The van der Waals surface area contributed by atoms with Gasteiger partial charge in [-0.3, -0.25) is 4.79 Å². The highest BCUT2D eigenvalue weighted by Gasteiger charge is 2.68. The molecule has 0 aromatic carbocycles. The summed E-state index contributed by atoms with van der Waals surface area (Å²) in [6, 6.07) is 0.327. The number of hydrogen-bond donors (Lipinski definition) is 0. The maximum absolute atomic E-state index is 12.6. The van der Waals surface area contributed by atoms with E-state index in [2.05, 4.69) is 30.9 Å². The molecule has 6 nitrogen and oxygen atoms in total. The molecule has 5 rings (SSSR count). The second-order valence-corrected chi connectivity index (χ2v) is 8.04. The molecule has 2 saturated carbocycles. The summed E-state index contributed by atoms with van der Waals surface area (Å²) in [6.07, 6.45) is 4.73. The van der Waals surface area contributed by atoms with Crippen LogP contribution in [0.15, 0.2) is 17.7 Å². The van der Waals surface area contributed by atoms with Crippen LogP contribution in [0.25, 0.3) is 0 Å². The Hall–Kier alpha value is -1.85. The Morgan fingerprint density at radius 2 is 2.13 bits per heavy atom. The van der Waals surface area contributed by atoms with E-state index in [1.54, 1.807) is 6.33 Å². The second kappa shape index (κ2) is 4.16. The van der Waals surface area contributed by atoms with Gasteiger partial charge in [0, 0.05) is 43.6 Å². The van der Waals surface area contributed by atoms with Crippen LogP contribution >= 0.6 is 0 Å². The van der Waals surface area contributed by atoms with E-state index in [1.165, 1.54) is 5.71 Å². The number of piperidine rings is 1. The summed E-state index contributed by atoms with van der Waals surface area (Å²) in [4.78, 5) is 24.4. The summed E-state index contributed by atoms with van der Waals surface area (Å²) in [7, 11) is 0. The Morgan fingerprint density at radius 1 is 1.39 bits per heavy atom. The predicted octanol–water partition coefficient (Wildman–Crippen LogP) is 1.95. The molecular weight excluding hydrogens is 292 g/mol. The average molecular weight is 314 g/mol. The third-order valence-electron chi connectivity index (χ3n) is 6.14.